The summed E-state index contributed by atoms with van der Waals surface area (Å²) in [4.78, 5) is 0. The Labute approximate surface area is 123 Å². The summed E-state index contributed by atoms with van der Waals surface area (Å²) < 4.78 is 5.70. The van der Waals surface area contributed by atoms with Crippen molar-refractivity contribution < 1.29 is 4.74 Å². The maximum atomic E-state index is 5.75. The van der Waals surface area contributed by atoms with E-state index in [1.165, 1.54) is 37.9 Å². The third kappa shape index (κ3) is 1.69. The number of hydrogen-bond acceptors (Lipinski definition) is 2. The van der Waals surface area contributed by atoms with Crippen LogP contribution in [0.15, 0.2) is 48.5 Å². The minimum Gasteiger partial charge on any atom is -0.496 e. The lowest BCUT2D eigenvalue weighted by Gasteiger charge is -2.16. The highest BCUT2D eigenvalue weighted by atomic mass is 16.5. The van der Waals surface area contributed by atoms with Gasteiger partial charge in [0.05, 0.1) is 7.11 Å². The summed E-state index contributed by atoms with van der Waals surface area (Å²) in [5.74, 6) is 0.964. The van der Waals surface area contributed by atoms with Crippen molar-refractivity contribution in [3.8, 4) is 5.75 Å². The Hall–Kier alpha value is -2.32. The lowest BCUT2D eigenvalue weighted by molar-refractivity contribution is 0.415. The van der Waals surface area contributed by atoms with Crippen LogP contribution >= 0.6 is 0 Å². The van der Waals surface area contributed by atoms with Gasteiger partial charge in [-0.25, -0.2) is 0 Å². The average Bonchev–Trinajstić information content (AvgIpc) is 2.52. The topological polar surface area (TPSA) is 35.2 Å². The molecule has 21 heavy (non-hydrogen) atoms. The Balaban J connectivity index is 2.25. The highest BCUT2D eigenvalue weighted by molar-refractivity contribution is 6.24. The van der Waals surface area contributed by atoms with E-state index in [0.717, 1.165) is 12.2 Å². The van der Waals surface area contributed by atoms with Gasteiger partial charge in [-0.2, -0.15) is 0 Å². The molecule has 0 fully saturated rings. The smallest absolute Gasteiger partial charge is 0.129 e. The molecular weight excluding hydrogens is 258 g/mol. The predicted molar refractivity (Wildman–Crippen MR) is 89.5 cm³/mol. The van der Waals surface area contributed by atoms with Crippen LogP contribution in [-0.2, 0) is 6.42 Å². The van der Waals surface area contributed by atoms with Crippen LogP contribution in [-0.4, -0.2) is 13.7 Å². The number of methoxy groups -OCH3 is 1. The van der Waals surface area contributed by atoms with Crippen LogP contribution in [0, 0.1) is 0 Å². The largest absolute Gasteiger partial charge is 0.496 e. The number of rotatable bonds is 3. The molecule has 0 aliphatic heterocycles. The van der Waals surface area contributed by atoms with Crippen molar-refractivity contribution >= 4 is 32.3 Å². The van der Waals surface area contributed by atoms with Gasteiger partial charge in [0, 0.05) is 10.8 Å². The molecule has 0 aliphatic carbocycles. The summed E-state index contributed by atoms with van der Waals surface area (Å²) >= 11 is 0. The van der Waals surface area contributed by atoms with E-state index in [4.69, 9.17) is 10.5 Å². The molecule has 0 spiro atoms. The Morgan fingerprint density at radius 1 is 0.905 bits per heavy atom. The van der Waals surface area contributed by atoms with Crippen molar-refractivity contribution in [3.05, 3.63) is 54.1 Å². The van der Waals surface area contributed by atoms with E-state index in [2.05, 4.69) is 48.5 Å². The molecule has 0 radical (unpaired) electrons. The molecule has 0 saturated heterocycles. The van der Waals surface area contributed by atoms with Crippen LogP contribution in [0.4, 0.5) is 0 Å². The third-order valence-corrected chi connectivity index (χ3v) is 4.29. The SMILES string of the molecule is COc1c(CCN)cc2ccc3cccc4ccc1c2c34. The summed E-state index contributed by atoms with van der Waals surface area (Å²) in [6.45, 7) is 0.629. The van der Waals surface area contributed by atoms with Gasteiger partial charge >= 0.3 is 0 Å². The molecule has 0 aliphatic rings. The normalized spacial score (nSPS) is 11.7. The molecule has 2 N–H and O–H groups in total. The van der Waals surface area contributed by atoms with E-state index in [0.29, 0.717) is 6.54 Å². The van der Waals surface area contributed by atoms with Crippen LogP contribution in [0.25, 0.3) is 32.3 Å². The van der Waals surface area contributed by atoms with Crippen molar-refractivity contribution in [1.29, 1.82) is 0 Å². The predicted octanol–water partition coefficient (Wildman–Crippen LogP) is 4.09. The number of hydrogen-bond donors (Lipinski definition) is 1. The molecule has 4 aromatic rings. The van der Waals surface area contributed by atoms with E-state index in [-0.39, 0.29) is 0 Å². The highest BCUT2D eigenvalue weighted by Crippen LogP contribution is 2.40. The van der Waals surface area contributed by atoms with Crippen LogP contribution in [0.3, 0.4) is 0 Å². The molecule has 0 unspecified atom stereocenters. The van der Waals surface area contributed by atoms with Crippen molar-refractivity contribution in [3.63, 3.8) is 0 Å². The zero-order valence-corrected chi connectivity index (χ0v) is 12.0. The van der Waals surface area contributed by atoms with Gasteiger partial charge in [0.15, 0.2) is 0 Å². The van der Waals surface area contributed by atoms with Gasteiger partial charge in [0.1, 0.15) is 5.75 Å². The Kier molecular flexibility index (Phi) is 2.72. The zero-order valence-electron chi connectivity index (χ0n) is 12.0. The fourth-order valence-electron chi connectivity index (χ4n) is 3.43. The first kappa shape index (κ1) is 12.4. The standard InChI is InChI=1S/C19H17NO/c1-21-19-15(9-10-20)11-14-6-5-12-3-2-4-13-7-8-16(19)18(14)17(12)13/h2-8,11H,9-10,20H2,1H3. The van der Waals surface area contributed by atoms with Crippen LogP contribution in [0.2, 0.25) is 0 Å². The lowest BCUT2D eigenvalue weighted by Crippen LogP contribution is -2.05. The van der Waals surface area contributed by atoms with Crippen molar-refractivity contribution in [2.75, 3.05) is 13.7 Å². The summed E-state index contributed by atoms with van der Waals surface area (Å²) in [6, 6.07) is 17.4. The van der Waals surface area contributed by atoms with Crippen molar-refractivity contribution in [1.82, 2.24) is 0 Å². The van der Waals surface area contributed by atoms with Crippen LogP contribution in [0.1, 0.15) is 5.56 Å². The first-order valence-corrected chi connectivity index (χ1v) is 7.27. The molecule has 0 atom stereocenters. The van der Waals surface area contributed by atoms with Crippen LogP contribution in [0.5, 0.6) is 5.75 Å². The van der Waals surface area contributed by atoms with Crippen molar-refractivity contribution in [2.45, 2.75) is 6.42 Å². The van der Waals surface area contributed by atoms with E-state index in [1.807, 2.05) is 0 Å². The maximum Gasteiger partial charge on any atom is 0.129 e. The first-order valence-electron chi connectivity index (χ1n) is 7.27. The van der Waals surface area contributed by atoms with Gasteiger partial charge < -0.3 is 10.5 Å². The third-order valence-electron chi connectivity index (χ3n) is 4.29. The van der Waals surface area contributed by atoms with Crippen molar-refractivity contribution in [2.24, 2.45) is 5.73 Å². The molecule has 4 aromatic carbocycles. The molecule has 0 amide bonds. The van der Waals surface area contributed by atoms with Gasteiger partial charge in [-0.05, 0) is 52.2 Å². The molecular formula is C19H17NO. The molecule has 0 heterocycles. The lowest BCUT2D eigenvalue weighted by atomic mass is 9.91. The number of benzene rings is 4. The van der Waals surface area contributed by atoms with Gasteiger partial charge in [-0.15, -0.1) is 0 Å². The minimum absolute atomic E-state index is 0.629. The molecule has 0 saturated carbocycles. The highest BCUT2D eigenvalue weighted by Gasteiger charge is 2.14. The Bertz CT molecular complexity index is 927. The average molecular weight is 275 g/mol. The van der Waals surface area contributed by atoms with E-state index < -0.39 is 0 Å². The van der Waals surface area contributed by atoms with Gasteiger partial charge in [-0.1, -0.05) is 36.4 Å². The van der Waals surface area contributed by atoms with Crippen LogP contribution < -0.4 is 10.5 Å². The van der Waals surface area contributed by atoms with Gasteiger partial charge in [-0.3, -0.25) is 0 Å². The van der Waals surface area contributed by atoms with E-state index in [9.17, 15) is 0 Å². The Morgan fingerprint density at radius 3 is 2.33 bits per heavy atom. The maximum absolute atomic E-state index is 5.75. The summed E-state index contributed by atoms with van der Waals surface area (Å²) in [6.07, 6.45) is 0.833. The summed E-state index contributed by atoms with van der Waals surface area (Å²) in [5.41, 5.74) is 6.93. The molecule has 0 bridgehead atoms. The monoisotopic (exact) mass is 275 g/mol. The second-order valence-electron chi connectivity index (χ2n) is 5.46. The minimum atomic E-state index is 0.629. The fourth-order valence-corrected chi connectivity index (χ4v) is 3.43. The number of ether oxygens (including phenoxy) is 1. The number of nitrogens with two attached hydrogens (primary N) is 1. The van der Waals surface area contributed by atoms with Gasteiger partial charge in [0.2, 0.25) is 0 Å². The first-order chi connectivity index (χ1) is 10.3. The van der Waals surface area contributed by atoms with E-state index >= 15 is 0 Å². The second kappa shape index (κ2) is 4.61. The zero-order chi connectivity index (χ0) is 14.4. The van der Waals surface area contributed by atoms with E-state index in [1.54, 1.807) is 7.11 Å². The molecule has 4 rings (SSSR count). The molecule has 2 heteroatoms. The quantitative estimate of drug-likeness (QED) is 0.571. The molecule has 0 aromatic heterocycles. The summed E-state index contributed by atoms with van der Waals surface area (Å²) in [5, 5.41) is 7.62. The Morgan fingerprint density at radius 2 is 1.62 bits per heavy atom. The molecule has 104 valence electrons. The second-order valence-corrected chi connectivity index (χ2v) is 5.46. The molecule has 2 nitrogen and oxygen atoms in total. The van der Waals surface area contributed by atoms with Gasteiger partial charge in [0.25, 0.3) is 0 Å². The fraction of sp³-hybridized carbons (Fsp3) is 0.158. The summed E-state index contributed by atoms with van der Waals surface area (Å²) in [7, 11) is 1.74.